The van der Waals surface area contributed by atoms with Crippen molar-refractivity contribution < 1.29 is 0 Å². The summed E-state index contributed by atoms with van der Waals surface area (Å²) in [5, 5.41) is 0. The average molecular weight is 185 g/mol. The molecule has 2 unspecified atom stereocenters. The van der Waals surface area contributed by atoms with Crippen LogP contribution in [0.1, 0.15) is 19.8 Å². The Balaban J connectivity index is 2.17. The Morgan fingerprint density at radius 1 is 1.54 bits per heavy atom. The first-order chi connectivity index (χ1) is 6.09. The van der Waals surface area contributed by atoms with Crippen LogP contribution in [0.5, 0.6) is 0 Å². The lowest BCUT2D eigenvalue weighted by molar-refractivity contribution is 0.264. The van der Waals surface area contributed by atoms with Crippen molar-refractivity contribution >= 4 is 0 Å². The first-order valence-electron chi connectivity index (χ1n) is 5.24. The zero-order valence-electron chi connectivity index (χ0n) is 9.16. The lowest BCUT2D eigenvalue weighted by Crippen LogP contribution is -2.33. The number of hydrogen-bond donors (Lipinski definition) is 1. The third-order valence-corrected chi connectivity index (χ3v) is 2.88. The van der Waals surface area contributed by atoms with Crippen molar-refractivity contribution in [2.24, 2.45) is 5.73 Å². The van der Waals surface area contributed by atoms with Gasteiger partial charge >= 0.3 is 0 Å². The summed E-state index contributed by atoms with van der Waals surface area (Å²) in [7, 11) is 4.33. The maximum atomic E-state index is 5.73. The van der Waals surface area contributed by atoms with Gasteiger partial charge < -0.3 is 15.5 Å². The van der Waals surface area contributed by atoms with Gasteiger partial charge in [-0.1, -0.05) is 0 Å². The molecule has 1 heterocycles. The standard InChI is InChI=1S/C10H23N3/c1-9(11)4-6-13-7-5-10(8-13)12(2)3/h9-10H,4-8,11H2,1-3H3. The summed E-state index contributed by atoms with van der Waals surface area (Å²) in [6, 6.07) is 1.10. The Bertz CT molecular complexity index is 145. The summed E-state index contributed by atoms with van der Waals surface area (Å²) in [4.78, 5) is 4.85. The van der Waals surface area contributed by atoms with Crippen LogP contribution in [-0.4, -0.2) is 55.6 Å². The molecule has 3 nitrogen and oxygen atoms in total. The molecule has 0 amide bonds. The van der Waals surface area contributed by atoms with Gasteiger partial charge in [0.2, 0.25) is 0 Å². The summed E-state index contributed by atoms with van der Waals surface area (Å²) >= 11 is 0. The van der Waals surface area contributed by atoms with Crippen LogP contribution in [0.25, 0.3) is 0 Å². The number of likely N-dealkylation sites (tertiary alicyclic amines) is 1. The normalized spacial score (nSPS) is 27.0. The molecule has 0 aromatic heterocycles. The van der Waals surface area contributed by atoms with Crippen LogP contribution < -0.4 is 5.73 Å². The van der Waals surface area contributed by atoms with E-state index in [1.165, 1.54) is 26.1 Å². The minimum atomic E-state index is 0.346. The quantitative estimate of drug-likeness (QED) is 0.686. The molecular weight excluding hydrogens is 162 g/mol. The molecule has 2 atom stereocenters. The van der Waals surface area contributed by atoms with E-state index in [0.717, 1.165) is 12.5 Å². The fourth-order valence-corrected chi connectivity index (χ4v) is 1.82. The number of nitrogens with two attached hydrogens (primary N) is 1. The van der Waals surface area contributed by atoms with Crippen molar-refractivity contribution in [3.8, 4) is 0 Å². The van der Waals surface area contributed by atoms with E-state index >= 15 is 0 Å². The van der Waals surface area contributed by atoms with Gasteiger partial charge in [0, 0.05) is 18.6 Å². The van der Waals surface area contributed by atoms with Crippen molar-refractivity contribution in [3.05, 3.63) is 0 Å². The molecule has 1 aliphatic heterocycles. The van der Waals surface area contributed by atoms with Gasteiger partial charge in [-0.2, -0.15) is 0 Å². The number of rotatable bonds is 4. The summed E-state index contributed by atoms with van der Waals surface area (Å²) in [5.41, 5.74) is 5.73. The predicted molar refractivity (Wildman–Crippen MR) is 56.8 cm³/mol. The smallest absolute Gasteiger partial charge is 0.0229 e. The zero-order valence-corrected chi connectivity index (χ0v) is 9.16. The van der Waals surface area contributed by atoms with E-state index in [1.807, 2.05) is 0 Å². The van der Waals surface area contributed by atoms with Crippen LogP contribution in [0.4, 0.5) is 0 Å². The van der Waals surface area contributed by atoms with Crippen molar-refractivity contribution in [1.29, 1.82) is 0 Å². The molecular formula is C10H23N3. The molecule has 0 bridgehead atoms. The van der Waals surface area contributed by atoms with Crippen LogP contribution in [-0.2, 0) is 0 Å². The van der Waals surface area contributed by atoms with E-state index in [4.69, 9.17) is 5.73 Å². The van der Waals surface area contributed by atoms with Gasteiger partial charge in [-0.15, -0.1) is 0 Å². The summed E-state index contributed by atoms with van der Waals surface area (Å²) < 4.78 is 0. The first-order valence-corrected chi connectivity index (χ1v) is 5.24. The van der Waals surface area contributed by atoms with Gasteiger partial charge in [0.1, 0.15) is 0 Å². The summed E-state index contributed by atoms with van der Waals surface area (Å²) in [5.74, 6) is 0. The largest absolute Gasteiger partial charge is 0.328 e. The van der Waals surface area contributed by atoms with Crippen LogP contribution in [0.2, 0.25) is 0 Å². The second kappa shape index (κ2) is 4.94. The lowest BCUT2D eigenvalue weighted by Gasteiger charge is -2.20. The summed E-state index contributed by atoms with van der Waals surface area (Å²) in [6.07, 6.45) is 2.44. The highest BCUT2D eigenvalue weighted by Gasteiger charge is 2.23. The Kier molecular flexibility index (Phi) is 4.16. The topological polar surface area (TPSA) is 32.5 Å². The average Bonchev–Trinajstić information content (AvgIpc) is 2.48. The number of likely N-dealkylation sites (N-methyl/N-ethyl adjacent to an activating group) is 1. The number of hydrogen-bond acceptors (Lipinski definition) is 3. The fourth-order valence-electron chi connectivity index (χ4n) is 1.82. The van der Waals surface area contributed by atoms with E-state index in [2.05, 4.69) is 30.8 Å². The molecule has 1 fully saturated rings. The van der Waals surface area contributed by atoms with E-state index in [1.54, 1.807) is 0 Å². The molecule has 1 rings (SSSR count). The fraction of sp³-hybridized carbons (Fsp3) is 1.00. The molecule has 1 saturated heterocycles. The molecule has 3 heteroatoms. The third-order valence-electron chi connectivity index (χ3n) is 2.88. The first kappa shape index (κ1) is 11.0. The van der Waals surface area contributed by atoms with E-state index < -0.39 is 0 Å². The van der Waals surface area contributed by atoms with Crippen LogP contribution in [0.15, 0.2) is 0 Å². The van der Waals surface area contributed by atoms with E-state index in [9.17, 15) is 0 Å². The molecule has 0 aromatic rings. The Labute approximate surface area is 81.9 Å². The van der Waals surface area contributed by atoms with Crippen LogP contribution in [0.3, 0.4) is 0 Å². The Morgan fingerprint density at radius 2 is 2.23 bits per heavy atom. The van der Waals surface area contributed by atoms with Gasteiger partial charge in [-0.05, 0) is 47.0 Å². The molecule has 1 aliphatic rings. The van der Waals surface area contributed by atoms with Gasteiger partial charge in [0.15, 0.2) is 0 Å². The highest BCUT2D eigenvalue weighted by molar-refractivity contribution is 4.80. The van der Waals surface area contributed by atoms with E-state index in [-0.39, 0.29) is 0 Å². The van der Waals surface area contributed by atoms with Gasteiger partial charge in [0.05, 0.1) is 0 Å². The number of nitrogens with zero attached hydrogens (tertiary/aromatic N) is 2. The SMILES string of the molecule is CC(N)CCN1CCC(N(C)C)C1. The van der Waals surface area contributed by atoms with Crippen molar-refractivity contribution in [2.75, 3.05) is 33.7 Å². The molecule has 0 aromatic carbocycles. The van der Waals surface area contributed by atoms with Gasteiger partial charge in [0.25, 0.3) is 0 Å². The van der Waals surface area contributed by atoms with Gasteiger partial charge in [-0.3, -0.25) is 0 Å². The molecule has 13 heavy (non-hydrogen) atoms. The summed E-state index contributed by atoms with van der Waals surface area (Å²) in [6.45, 7) is 5.72. The molecule has 0 radical (unpaired) electrons. The third kappa shape index (κ3) is 3.63. The predicted octanol–water partition coefficient (Wildman–Crippen LogP) is 0.360. The Hall–Kier alpha value is -0.120. The molecule has 78 valence electrons. The maximum Gasteiger partial charge on any atom is 0.0229 e. The van der Waals surface area contributed by atoms with Crippen LogP contribution in [0, 0.1) is 0 Å². The molecule has 0 saturated carbocycles. The lowest BCUT2D eigenvalue weighted by atomic mass is 10.2. The minimum absolute atomic E-state index is 0.346. The van der Waals surface area contributed by atoms with Crippen molar-refractivity contribution in [1.82, 2.24) is 9.80 Å². The second-order valence-corrected chi connectivity index (χ2v) is 4.47. The highest BCUT2D eigenvalue weighted by atomic mass is 15.2. The van der Waals surface area contributed by atoms with Crippen molar-refractivity contribution in [2.45, 2.75) is 31.8 Å². The molecule has 0 spiro atoms. The van der Waals surface area contributed by atoms with Gasteiger partial charge in [-0.25, -0.2) is 0 Å². The monoisotopic (exact) mass is 185 g/mol. The second-order valence-electron chi connectivity index (χ2n) is 4.47. The minimum Gasteiger partial charge on any atom is -0.328 e. The van der Waals surface area contributed by atoms with E-state index in [0.29, 0.717) is 6.04 Å². The molecule has 2 N–H and O–H groups in total. The van der Waals surface area contributed by atoms with Crippen LogP contribution >= 0.6 is 0 Å². The maximum absolute atomic E-state index is 5.73. The highest BCUT2D eigenvalue weighted by Crippen LogP contribution is 2.13. The van der Waals surface area contributed by atoms with Crippen molar-refractivity contribution in [3.63, 3.8) is 0 Å². The zero-order chi connectivity index (χ0) is 9.84. The molecule has 0 aliphatic carbocycles. The Morgan fingerprint density at radius 3 is 2.69 bits per heavy atom.